The molecule has 1 atom stereocenters. The normalized spacial score (nSPS) is 12.2. The van der Waals surface area contributed by atoms with Crippen LogP contribution in [0.5, 0.6) is 5.88 Å². The molecule has 19 heavy (non-hydrogen) atoms. The maximum absolute atomic E-state index is 5.97. The number of nitrogens with zero attached hydrogens (tertiary/aromatic N) is 2. The molecule has 0 aliphatic heterocycles. The molecule has 0 radical (unpaired) electrons. The number of thiophene rings is 1. The van der Waals surface area contributed by atoms with E-state index in [1.54, 1.807) is 0 Å². The Kier molecular flexibility index (Phi) is 4.44. The van der Waals surface area contributed by atoms with E-state index in [0.29, 0.717) is 24.0 Å². The van der Waals surface area contributed by atoms with Crippen LogP contribution in [0.4, 0.5) is 11.5 Å². The molecule has 0 saturated heterocycles. The topological polar surface area (TPSA) is 73.1 Å². The van der Waals surface area contributed by atoms with E-state index in [4.69, 9.17) is 22.1 Å². The first-order chi connectivity index (χ1) is 9.11. The first-order valence-electron chi connectivity index (χ1n) is 5.86. The van der Waals surface area contributed by atoms with E-state index in [1.165, 1.54) is 17.7 Å². The van der Waals surface area contributed by atoms with Crippen LogP contribution in [-0.4, -0.2) is 16.6 Å². The van der Waals surface area contributed by atoms with E-state index in [1.807, 2.05) is 26.0 Å². The molecule has 0 fully saturated rings. The van der Waals surface area contributed by atoms with Crippen LogP contribution in [0.2, 0.25) is 4.34 Å². The third-order valence-corrected chi connectivity index (χ3v) is 3.92. The first kappa shape index (κ1) is 13.9. The Morgan fingerprint density at radius 3 is 2.89 bits per heavy atom. The number of ether oxygens (including phenoxy) is 1. The number of anilines is 2. The van der Waals surface area contributed by atoms with Gasteiger partial charge in [-0.3, -0.25) is 0 Å². The van der Waals surface area contributed by atoms with Crippen molar-refractivity contribution in [1.82, 2.24) is 9.97 Å². The van der Waals surface area contributed by atoms with Gasteiger partial charge in [-0.2, -0.15) is 4.98 Å². The van der Waals surface area contributed by atoms with Crippen LogP contribution in [0.15, 0.2) is 18.5 Å². The highest BCUT2D eigenvalue weighted by Crippen LogP contribution is 2.31. The van der Waals surface area contributed by atoms with Crippen molar-refractivity contribution in [3.8, 4) is 5.88 Å². The van der Waals surface area contributed by atoms with Gasteiger partial charge >= 0.3 is 0 Å². The van der Waals surface area contributed by atoms with E-state index in [2.05, 4.69) is 15.3 Å². The largest absolute Gasteiger partial charge is 0.476 e. The number of nitrogens with two attached hydrogens (primary N) is 1. The fourth-order valence-electron chi connectivity index (χ4n) is 1.58. The Morgan fingerprint density at radius 1 is 1.47 bits per heavy atom. The van der Waals surface area contributed by atoms with E-state index in [0.717, 1.165) is 9.21 Å². The lowest BCUT2D eigenvalue weighted by molar-refractivity contribution is 0.328. The van der Waals surface area contributed by atoms with Gasteiger partial charge in [0.15, 0.2) is 5.82 Å². The predicted molar refractivity (Wildman–Crippen MR) is 79.0 cm³/mol. The van der Waals surface area contributed by atoms with Gasteiger partial charge in [-0.15, -0.1) is 11.3 Å². The van der Waals surface area contributed by atoms with Gasteiger partial charge in [-0.05, 0) is 26.0 Å². The maximum atomic E-state index is 5.97. The van der Waals surface area contributed by atoms with Crippen molar-refractivity contribution in [2.24, 2.45) is 0 Å². The molecular weight excluding hydrogens is 284 g/mol. The zero-order valence-corrected chi connectivity index (χ0v) is 12.3. The van der Waals surface area contributed by atoms with Crippen molar-refractivity contribution in [2.45, 2.75) is 19.9 Å². The predicted octanol–water partition coefficient (Wildman–Crippen LogP) is 3.35. The van der Waals surface area contributed by atoms with Gasteiger partial charge in [-0.25, -0.2) is 4.98 Å². The maximum Gasteiger partial charge on any atom is 0.242 e. The number of rotatable bonds is 5. The van der Waals surface area contributed by atoms with Crippen LogP contribution in [0.25, 0.3) is 0 Å². The van der Waals surface area contributed by atoms with Crippen LogP contribution < -0.4 is 15.8 Å². The van der Waals surface area contributed by atoms with Crippen LogP contribution in [0.3, 0.4) is 0 Å². The van der Waals surface area contributed by atoms with E-state index in [-0.39, 0.29) is 6.04 Å². The van der Waals surface area contributed by atoms with Gasteiger partial charge in [0.25, 0.3) is 0 Å². The fourth-order valence-corrected chi connectivity index (χ4v) is 2.65. The van der Waals surface area contributed by atoms with Gasteiger partial charge in [0.05, 0.1) is 17.0 Å². The minimum atomic E-state index is 0.0594. The number of nitrogens with one attached hydrogen (secondary N) is 1. The number of halogens is 1. The smallest absolute Gasteiger partial charge is 0.242 e. The second-order valence-electron chi connectivity index (χ2n) is 3.88. The van der Waals surface area contributed by atoms with E-state index in [9.17, 15) is 0 Å². The summed E-state index contributed by atoms with van der Waals surface area (Å²) in [6.45, 7) is 4.41. The Morgan fingerprint density at radius 2 is 2.26 bits per heavy atom. The van der Waals surface area contributed by atoms with Gasteiger partial charge in [-0.1, -0.05) is 11.6 Å². The molecule has 1 unspecified atom stereocenters. The second-order valence-corrected chi connectivity index (χ2v) is 5.63. The summed E-state index contributed by atoms with van der Waals surface area (Å²) in [6, 6.07) is 3.91. The summed E-state index contributed by atoms with van der Waals surface area (Å²) >= 11 is 7.45. The SMILES string of the molecule is CCOc1ncnc(NC(C)c2ccc(Cl)s2)c1N. The van der Waals surface area contributed by atoms with Crippen molar-refractivity contribution < 1.29 is 4.74 Å². The zero-order chi connectivity index (χ0) is 13.8. The molecule has 2 heterocycles. The lowest BCUT2D eigenvalue weighted by Crippen LogP contribution is -2.10. The molecule has 0 amide bonds. The summed E-state index contributed by atoms with van der Waals surface area (Å²) in [7, 11) is 0. The Balaban J connectivity index is 2.16. The van der Waals surface area contributed by atoms with Gasteiger partial charge < -0.3 is 15.8 Å². The lowest BCUT2D eigenvalue weighted by atomic mass is 10.2. The highest BCUT2D eigenvalue weighted by Gasteiger charge is 2.13. The molecule has 2 rings (SSSR count). The van der Waals surface area contributed by atoms with Crippen LogP contribution in [0, 0.1) is 0 Å². The Bertz CT molecular complexity index is 560. The van der Waals surface area contributed by atoms with Crippen LogP contribution in [-0.2, 0) is 0 Å². The van der Waals surface area contributed by atoms with Gasteiger partial charge in [0, 0.05) is 4.88 Å². The first-order valence-corrected chi connectivity index (χ1v) is 7.06. The van der Waals surface area contributed by atoms with E-state index >= 15 is 0 Å². The number of hydrogen-bond acceptors (Lipinski definition) is 6. The zero-order valence-electron chi connectivity index (χ0n) is 10.7. The monoisotopic (exact) mass is 298 g/mol. The molecule has 2 aromatic heterocycles. The molecule has 5 nitrogen and oxygen atoms in total. The molecule has 102 valence electrons. The number of hydrogen-bond donors (Lipinski definition) is 2. The molecule has 0 spiro atoms. The lowest BCUT2D eigenvalue weighted by Gasteiger charge is -2.15. The summed E-state index contributed by atoms with van der Waals surface area (Å²) in [5, 5.41) is 3.23. The van der Waals surface area contributed by atoms with Gasteiger partial charge in [0.2, 0.25) is 5.88 Å². The Hall–Kier alpha value is -1.53. The van der Waals surface area contributed by atoms with Crippen molar-refractivity contribution in [3.63, 3.8) is 0 Å². The van der Waals surface area contributed by atoms with Crippen molar-refractivity contribution >= 4 is 34.4 Å². The Labute approximate surface area is 120 Å². The molecule has 0 saturated carbocycles. The van der Waals surface area contributed by atoms with Crippen LogP contribution >= 0.6 is 22.9 Å². The molecule has 2 aromatic rings. The molecule has 0 bridgehead atoms. The highest BCUT2D eigenvalue weighted by atomic mass is 35.5. The second kappa shape index (κ2) is 6.08. The van der Waals surface area contributed by atoms with Crippen molar-refractivity contribution in [3.05, 3.63) is 27.7 Å². The highest BCUT2D eigenvalue weighted by molar-refractivity contribution is 7.16. The van der Waals surface area contributed by atoms with Gasteiger partial charge in [0.1, 0.15) is 12.0 Å². The third-order valence-electron chi connectivity index (χ3n) is 2.50. The molecular formula is C12H15ClN4OS. The summed E-state index contributed by atoms with van der Waals surface area (Å²) in [6.07, 6.45) is 1.43. The molecule has 7 heteroatoms. The average Bonchev–Trinajstić information content (AvgIpc) is 2.81. The molecule has 0 aliphatic rings. The summed E-state index contributed by atoms with van der Waals surface area (Å²) in [5.74, 6) is 0.965. The summed E-state index contributed by atoms with van der Waals surface area (Å²) in [5.41, 5.74) is 6.38. The quantitative estimate of drug-likeness (QED) is 0.885. The standard InChI is InChI=1S/C12H15ClN4OS/c1-3-18-12-10(14)11(15-6-16-12)17-7(2)8-4-5-9(13)19-8/h4-7H,3,14H2,1-2H3,(H,15,16,17). The molecule has 0 aliphatic carbocycles. The third kappa shape index (κ3) is 3.27. The number of aromatic nitrogens is 2. The molecule has 0 aromatic carbocycles. The van der Waals surface area contributed by atoms with Crippen molar-refractivity contribution in [1.29, 1.82) is 0 Å². The average molecular weight is 299 g/mol. The number of nitrogen functional groups attached to an aromatic ring is 1. The minimum absolute atomic E-state index is 0.0594. The van der Waals surface area contributed by atoms with Crippen molar-refractivity contribution in [2.75, 3.05) is 17.7 Å². The summed E-state index contributed by atoms with van der Waals surface area (Å²) in [4.78, 5) is 9.25. The minimum Gasteiger partial charge on any atom is -0.476 e. The summed E-state index contributed by atoms with van der Waals surface area (Å²) < 4.78 is 6.09. The van der Waals surface area contributed by atoms with E-state index < -0.39 is 0 Å². The van der Waals surface area contributed by atoms with Crippen LogP contribution in [0.1, 0.15) is 24.8 Å². The molecule has 3 N–H and O–H groups in total. The fraction of sp³-hybridized carbons (Fsp3) is 0.333.